The first-order valence-corrected chi connectivity index (χ1v) is 13.5. The van der Waals surface area contributed by atoms with Crippen LogP contribution in [0.4, 0.5) is 0 Å². The molecule has 14 nitrogen and oxygen atoms in total. The van der Waals surface area contributed by atoms with Gasteiger partial charge >= 0.3 is 13.3 Å². The number of aromatic amines is 1. The Morgan fingerprint density at radius 3 is 2.56 bits per heavy atom. The fourth-order valence-corrected chi connectivity index (χ4v) is 5.37. The summed E-state index contributed by atoms with van der Waals surface area (Å²) in [5.74, 6) is 0. The summed E-state index contributed by atoms with van der Waals surface area (Å²) in [5, 5.41) is 8.67. The largest absolute Gasteiger partial charge is 0.374 e. The number of methoxy groups -OCH3 is 1. The van der Waals surface area contributed by atoms with Crippen molar-refractivity contribution in [1.29, 1.82) is 5.26 Å². The second kappa shape index (κ2) is 14.2. The molecule has 192 valence electrons. The minimum absolute atomic E-state index is 0.0573. The second-order valence-electron chi connectivity index (χ2n) is 6.75. The van der Waals surface area contributed by atoms with Crippen LogP contribution in [0.1, 0.15) is 26.5 Å². The maximum atomic E-state index is 12.7. The molecule has 0 radical (unpaired) electrons. The van der Waals surface area contributed by atoms with Crippen molar-refractivity contribution in [2.75, 3.05) is 39.7 Å². The smallest absolute Gasteiger partial charge is 0.332 e. The van der Waals surface area contributed by atoms with E-state index >= 15 is 0 Å². The number of aromatic nitrogens is 2. The third-order valence-electron chi connectivity index (χ3n) is 4.50. The molecule has 0 spiro atoms. The molecular formula is C18H30N4O10P2. The Hall–Kier alpha value is -1.49. The highest BCUT2D eigenvalue weighted by Gasteiger charge is 2.49. The van der Waals surface area contributed by atoms with Crippen molar-refractivity contribution in [2.24, 2.45) is 5.50 Å². The van der Waals surface area contributed by atoms with Gasteiger partial charge in [0.05, 0.1) is 45.1 Å². The van der Waals surface area contributed by atoms with E-state index in [1.807, 2.05) is 6.07 Å². The van der Waals surface area contributed by atoms with Crippen molar-refractivity contribution in [3.8, 4) is 6.07 Å². The number of rotatable bonds is 15. The molecule has 1 aliphatic rings. The zero-order chi connectivity index (χ0) is 25.1. The lowest BCUT2D eigenvalue weighted by atomic mass is 10.2. The summed E-state index contributed by atoms with van der Waals surface area (Å²) in [6, 6.07) is 3.09. The monoisotopic (exact) mass is 524 g/mol. The molecule has 1 aromatic rings. The molecule has 16 heteroatoms. The number of nitrogens with two attached hydrogens (primary N) is 1. The lowest BCUT2D eigenvalue weighted by Crippen LogP contribution is -2.39. The van der Waals surface area contributed by atoms with E-state index in [1.54, 1.807) is 13.8 Å². The Morgan fingerprint density at radius 1 is 1.26 bits per heavy atom. The highest BCUT2D eigenvalue weighted by molar-refractivity contribution is 7.53. The standard InChI is InChI=1S/C18H30N4O10P2/c1-4-29-34(25,30-5-2)12-11-27-17-15(32-33(20)28-10-6-8-19)14(26-3)16(31-17)22-9-7-13(23)21-18(22)24/h7,9,14-17H,4-6,10-12,20H2,1-3H3,(H,21,23,24)/t14?,15?,16-,17+,33?/m1/s1. The Bertz CT molecular complexity index is 957. The van der Waals surface area contributed by atoms with E-state index in [1.165, 1.54) is 13.3 Å². The van der Waals surface area contributed by atoms with E-state index in [0.29, 0.717) is 0 Å². The van der Waals surface area contributed by atoms with Gasteiger partial charge in [0.15, 0.2) is 12.5 Å². The van der Waals surface area contributed by atoms with Crippen LogP contribution in [0.5, 0.6) is 0 Å². The molecule has 1 saturated heterocycles. The van der Waals surface area contributed by atoms with E-state index in [0.717, 1.165) is 10.6 Å². The molecule has 1 fully saturated rings. The molecule has 34 heavy (non-hydrogen) atoms. The predicted octanol–water partition coefficient (Wildman–Crippen LogP) is 1.19. The number of nitriles is 1. The minimum Gasteiger partial charge on any atom is -0.374 e. The molecule has 3 unspecified atom stereocenters. The molecule has 0 aromatic carbocycles. The van der Waals surface area contributed by atoms with Crippen molar-refractivity contribution in [1.82, 2.24) is 9.55 Å². The predicted molar refractivity (Wildman–Crippen MR) is 120 cm³/mol. The van der Waals surface area contributed by atoms with Crippen molar-refractivity contribution < 1.29 is 36.9 Å². The lowest BCUT2D eigenvalue weighted by Gasteiger charge is -2.25. The highest BCUT2D eigenvalue weighted by Crippen LogP contribution is 2.48. The Balaban J connectivity index is 2.21. The number of hydrogen-bond acceptors (Lipinski definition) is 12. The molecule has 0 bridgehead atoms. The maximum Gasteiger partial charge on any atom is 0.332 e. The summed E-state index contributed by atoms with van der Waals surface area (Å²) in [7, 11) is -3.95. The SMILES string of the molecule is CCOP(=O)(CCO[C@H]1O[C@@H](n2ccc(=O)[nH]c2=O)C(OC)C1OP(N)OCCC#N)OCC. The number of hydrogen-bond donors (Lipinski definition) is 2. The van der Waals surface area contributed by atoms with Crippen molar-refractivity contribution in [2.45, 2.75) is 45.0 Å². The summed E-state index contributed by atoms with van der Waals surface area (Å²) in [6.07, 6.45) is -2.70. The number of ether oxygens (including phenoxy) is 3. The van der Waals surface area contributed by atoms with E-state index in [9.17, 15) is 14.2 Å². The van der Waals surface area contributed by atoms with E-state index in [4.69, 9.17) is 43.1 Å². The molecule has 1 aromatic heterocycles. The molecule has 0 amide bonds. The van der Waals surface area contributed by atoms with Gasteiger partial charge in [0.1, 0.15) is 12.2 Å². The van der Waals surface area contributed by atoms with Crippen molar-refractivity contribution in [3.63, 3.8) is 0 Å². The molecule has 5 atom stereocenters. The van der Waals surface area contributed by atoms with Crippen LogP contribution in [0.2, 0.25) is 0 Å². The molecule has 0 aliphatic carbocycles. The Morgan fingerprint density at radius 2 is 1.97 bits per heavy atom. The van der Waals surface area contributed by atoms with Gasteiger partial charge in [0.2, 0.25) is 0 Å². The normalized spacial score (nSPS) is 23.6. The number of H-pyrrole nitrogens is 1. The van der Waals surface area contributed by atoms with E-state index < -0.39 is 52.1 Å². The second-order valence-corrected chi connectivity index (χ2v) is 9.98. The summed E-state index contributed by atoms with van der Waals surface area (Å²) in [4.78, 5) is 25.9. The van der Waals surface area contributed by atoms with Crippen LogP contribution in [0.3, 0.4) is 0 Å². The highest BCUT2D eigenvalue weighted by atomic mass is 31.2. The van der Waals surface area contributed by atoms with Crippen LogP contribution >= 0.6 is 16.1 Å². The topological polar surface area (TPSA) is 186 Å². The van der Waals surface area contributed by atoms with Gasteiger partial charge in [-0.3, -0.25) is 24.4 Å². The van der Waals surface area contributed by atoms with Gasteiger partial charge in [-0.25, -0.2) is 4.79 Å². The van der Waals surface area contributed by atoms with Crippen LogP contribution in [0, 0.1) is 11.3 Å². The van der Waals surface area contributed by atoms with E-state index in [2.05, 4.69) is 4.98 Å². The van der Waals surface area contributed by atoms with Crippen LogP contribution in [0.25, 0.3) is 0 Å². The zero-order valence-electron chi connectivity index (χ0n) is 19.2. The van der Waals surface area contributed by atoms with Crippen LogP contribution in [0.15, 0.2) is 21.9 Å². The number of nitrogens with one attached hydrogen (secondary N) is 1. The zero-order valence-corrected chi connectivity index (χ0v) is 20.9. The third-order valence-corrected chi connectivity index (χ3v) is 7.42. The Kier molecular flexibility index (Phi) is 12.0. The first kappa shape index (κ1) is 28.7. The third kappa shape index (κ3) is 8.03. The van der Waals surface area contributed by atoms with Gasteiger partial charge < -0.3 is 32.3 Å². The average molecular weight is 524 g/mol. The van der Waals surface area contributed by atoms with Crippen molar-refractivity contribution in [3.05, 3.63) is 33.1 Å². The van der Waals surface area contributed by atoms with Gasteiger partial charge in [-0.15, -0.1) is 0 Å². The van der Waals surface area contributed by atoms with Crippen LogP contribution in [-0.2, 0) is 36.9 Å². The quantitative estimate of drug-likeness (QED) is 0.247. The molecular weight excluding hydrogens is 494 g/mol. The summed E-state index contributed by atoms with van der Waals surface area (Å²) >= 11 is 0. The molecule has 0 saturated carbocycles. The fraction of sp³-hybridized carbons (Fsp3) is 0.722. The Labute approximate surface area is 197 Å². The van der Waals surface area contributed by atoms with Crippen LogP contribution in [-0.4, -0.2) is 67.7 Å². The van der Waals surface area contributed by atoms with Gasteiger partial charge in [-0.05, 0) is 13.8 Å². The van der Waals surface area contributed by atoms with Crippen LogP contribution < -0.4 is 16.8 Å². The first-order chi connectivity index (χ1) is 16.3. The summed E-state index contributed by atoms with van der Waals surface area (Å²) < 4.78 is 52.6. The lowest BCUT2D eigenvalue weighted by molar-refractivity contribution is -0.170. The van der Waals surface area contributed by atoms with Gasteiger partial charge in [-0.2, -0.15) is 5.26 Å². The first-order valence-electron chi connectivity index (χ1n) is 10.5. The minimum atomic E-state index is -3.37. The maximum absolute atomic E-state index is 12.7. The fourth-order valence-electron chi connectivity index (χ4n) is 3.13. The molecule has 3 N–H and O–H groups in total. The van der Waals surface area contributed by atoms with Gasteiger partial charge in [-0.1, -0.05) is 0 Å². The molecule has 2 rings (SSSR count). The van der Waals surface area contributed by atoms with E-state index in [-0.39, 0.29) is 39.0 Å². The number of nitrogens with zero attached hydrogens (tertiary/aromatic N) is 2. The summed E-state index contributed by atoms with van der Waals surface area (Å²) in [6.45, 7) is 3.75. The average Bonchev–Trinajstić information content (AvgIpc) is 3.11. The van der Waals surface area contributed by atoms with Gasteiger partial charge in [0.25, 0.3) is 14.1 Å². The molecule has 2 heterocycles. The summed E-state index contributed by atoms with van der Waals surface area (Å²) in [5.41, 5.74) is 4.63. The van der Waals surface area contributed by atoms with Gasteiger partial charge in [0, 0.05) is 19.4 Å². The molecule has 1 aliphatic heterocycles. The van der Waals surface area contributed by atoms with Crippen molar-refractivity contribution >= 4 is 16.1 Å².